The van der Waals surface area contributed by atoms with E-state index in [1.165, 1.54) is 71.9 Å². The van der Waals surface area contributed by atoms with Crippen LogP contribution >= 0.6 is 0 Å². The Morgan fingerprint density at radius 2 is 1.30 bits per heavy atom. The molecule has 10 rings (SSSR count). The van der Waals surface area contributed by atoms with Crippen molar-refractivity contribution in [1.82, 2.24) is 4.57 Å². The maximum atomic E-state index is 4.24. The third kappa shape index (κ3) is 5.31. The molecule has 0 atom stereocenters. The van der Waals surface area contributed by atoms with Crippen molar-refractivity contribution in [3.8, 4) is 16.8 Å². The van der Waals surface area contributed by atoms with Crippen molar-refractivity contribution in [2.24, 2.45) is 0 Å². The lowest BCUT2D eigenvalue weighted by atomic mass is 9.78. The van der Waals surface area contributed by atoms with Gasteiger partial charge in [0.1, 0.15) is 0 Å². The van der Waals surface area contributed by atoms with Crippen molar-refractivity contribution in [3.63, 3.8) is 0 Å². The molecule has 2 nitrogen and oxygen atoms in total. The molecule has 0 radical (unpaired) electrons. The molecule has 0 fully saturated rings. The maximum absolute atomic E-state index is 4.24. The standard InChI is InChI=1S/C55H48N2/c1-7-16-42-44-32-31-41(33-50(44)54(3,4)48(42)8-2)56(38-25-23-37(24-26-38)36-17-10-9-11-18-36)39-27-29-40(30-28-39)57-52-22-15-13-20-45(52)47-34-51-46(35-53(47)57)43-19-12-14-21-49(43)55(51,5)6/h7-13,15-20,22-35H,2,14,21H2,1,3-6H3/b16-7-. The Bertz CT molecular complexity index is 2890. The Morgan fingerprint density at radius 1 is 0.632 bits per heavy atom. The molecule has 3 aliphatic rings. The monoisotopic (exact) mass is 736 g/mol. The summed E-state index contributed by atoms with van der Waals surface area (Å²) in [6, 6.07) is 49.6. The molecule has 0 unspecified atom stereocenters. The van der Waals surface area contributed by atoms with Gasteiger partial charge >= 0.3 is 0 Å². The van der Waals surface area contributed by atoms with Crippen LogP contribution in [-0.2, 0) is 10.8 Å². The first-order valence-corrected chi connectivity index (χ1v) is 20.4. The minimum Gasteiger partial charge on any atom is -0.310 e. The van der Waals surface area contributed by atoms with Gasteiger partial charge in [0.05, 0.1) is 11.0 Å². The molecule has 0 aliphatic heterocycles. The van der Waals surface area contributed by atoms with Crippen molar-refractivity contribution < 1.29 is 0 Å². The van der Waals surface area contributed by atoms with Crippen molar-refractivity contribution in [2.45, 2.75) is 58.3 Å². The molecule has 3 aliphatic carbocycles. The van der Waals surface area contributed by atoms with E-state index < -0.39 is 0 Å². The van der Waals surface area contributed by atoms with E-state index >= 15 is 0 Å². The lowest BCUT2D eigenvalue weighted by Gasteiger charge is -2.29. The molecule has 6 aromatic carbocycles. The topological polar surface area (TPSA) is 8.17 Å². The zero-order valence-electron chi connectivity index (χ0n) is 33.6. The minimum absolute atomic E-state index is 0.0293. The molecule has 1 aromatic heterocycles. The van der Waals surface area contributed by atoms with Gasteiger partial charge < -0.3 is 9.47 Å². The Balaban J connectivity index is 1.12. The molecule has 0 spiro atoms. The molecule has 0 bridgehead atoms. The average Bonchev–Trinajstić information content (AvgIpc) is 3.77. The van der Waals surface area contributed by atoms with Crippen molar-refractivity contribution in [2.75, 3.05) is 4.90 Å². The van der Waals surface area contributed by atoms with Gasteiger partial charge in [-0.15, -0.1) is 0 Å². The third-order valence-electron chi connectivity index (χ3n) is 13.0. The molecular formula is C55H48N2. The van der Waals surface area contributed by atoms with Gasteiger partial charge in [0.15, 0.2) is 0 Å². The molecule has 0 saturated heterocycles. The van der Waals surface area contributed by atoms with Crippen molar-refractivity contribution >= 4 is 50.0 Å². The summed E-state index contributed by atoms with van der Waals surface area (Å²) >= 11 is 0. The van der Waals surface area contributed by atoms with Crippen LogP contribution < -0.4 is 4.90 Å². The maximum Gasteiger partial charge on any atom is 0.0547 e. The quantitative estimate of drug-likeness (QED) is 0.158. The van der Waals surface area contributed by atoms with Gasteiger partial charge in [-0.2, -0.15) is 0 Å². The molecule has 0 N–H and O–H groups in total. The molecular weight excluding hydrogens is 689 g/mol. The summed E-state index contributed by atoms with van der Waals surface area (Å²) < 4.78 is 2.47. The van der Waals surface area contributed by atoms with E-state index in [1.54, 1.807) is 5.57 Å². The van der Waals surface area contributed by atoms with Gasteiger partial charge in [0, 0.05) is 44.4 Å². The van der Waals surface area contributed by atoms with Gasteiger partial charge in [-0.25, -0.2) is 0 Å². The molecule has 57 heavy (non-hydrogen) atoms. The highest BCUT2D eigenvalue weighted by Gasteiger charge is 2.38. The number of fused-ring (bicyclic) bond motifs is 6. The average molecular weight is 737 g/mol. The van der Waals surface area contributed by atoms with E-state index in [1.807, 2.05) is 6.08 Å². The van der Waals surface area contributed by atoms with Crippen LogP contribution in [0, 0.1) is 0 Å². The minimum atomic E-state index is -0.176. The van der Waals surface area contributed by atoms with Crippen molar-refractivity contribution in [3.05, 3.63) is 204 Å². The lowest BCUT2D eigenvalue weighted by molar-refractivity contribution is 0.608. The number of hydrogen-bond donors (Lipinski definition) is 0. The van der Waals surface area contributed by atoms with Crippen LogP contribution in [0.5, 0.6) is 0 Å². The van der Waals surface area contributed by atoms with Crippen LogP contribution in [0.3, 0.4) is 0 Å². The first-order valence-electron chi connectivity index (χ1n) is 20.4. The van der Waals surface area contributed by atoms with Crippen LogP contribution in [-0.4, -0.2) is 4.57 Å². The lowest BCUT2D eigenvalue weighted by Crippen LogP contribution is -2.17. The van der Waals surface area contributed by atoms with E-state index in [0.717, 1.165) is 35.6 Å². The molecule has 2 heteroatoms. The normalized spacial score (nSPS) is 16.4. The van der Waals surface area contributed by atoms with Crippen LogP contribution in [0.15, 0.2) is 182 Å². The molecule has 7 aromatic rings. The summed E-state index contributed by atoms with van der Waals surface area (Å²) in [7, 11) is 0. The number of benzene rings is 6. The van der Waals surface area contributed by atoms with Crippen LogP contribution in [0.1, 0.15) is 69.7 Å². The summed E-state index contributed by atoms with van der Waals surface area (Å²) in [4.78, 5) is 2.40. The predicted molar refractivity (Wildman–Crippen MR) is 244 cm³/mol. The highest BCUT2D eigenvalue weighted by Crippen LogP contribution is 2.53. The number of para-hydroxylation sites is 1. The second kappa shape index (κ2) is 13.1. The second-order valence-corrected chi connectivity index (χ2v) is 16.9. The van der Waals surface area contributed by atoms with E-state index in [9.17, 15) is 0 Å². The Kier molecular flexibility index (Phi) is 8.06. The zero-order chi connectivity index (χ0) is 39.1. The fraction of sp³-hybridized carbons (Fsp3) is 0.164. The third-order valence-corrected chi connectivity index (χ3v) is 13.0. The van der Waals surface area contributed by atoms with Gasteiger partial charge in [0.25, 0.3) is 0 Å². The van der Waals surface area contributed by atoms with Gasteiger partial charge in [-0.05, 0) is 137 Å². The number of hydrogen-bond acceptors (Lipinski definition) is 1. The summed E-state index contributed by atoms with van der Waals surface area (Å²) in [6.07, 6.45) is 13.4. The van der Waals surface area contributed by atoms with Gasteiger partial charge in [-0.3, -0.25) is 0 Å². The van der Waals surface area contributed by atoms with Crippen LogP contribution in [0.4, 0.5) is 17.1 Å². The molecule has 1 heterocycles. The molecule has 0 saturated carbocycles. The Hall–Kier alpha value is -6.38. The fourth-order valence-electron chi connectivity index (χ4n) is 10.2. The Morgan fingerprint density at radius 3 is 2.04 bits per heavy atom. The largest absolute Gasteiger partial charge is 0.310 e. The number of anilines is 3. The first kappa shape index (κ1) is 35.1. The van der Waals surface area contributed by atoms with E-state index in [4.69, 9.17) is 0 Å². The summed E-state index contributed by atoms with van der Waals surface area (Å²) in [5.41, 5.74) is 20.2. The highest BCUT2D eigenvalue weighted by molar-refractivity contribution is 6.11. The SMILES string of the molecule is C=CC1=C(/C=C\C)c2ccc(N(c3ccc(-c4ccccc4)cc3)c3ccc(-n4c5ccccc5c5cc6c(cc54)C4=C(CCC=C4)C6(C)C)cc3)cc2C1(C)C. The first-order chi connectivity index (χ1) is 27.7. The number of allylic oxidation sites excluding steroid dienone is 9. The van der Waals surface area contributed by atoms with Crippen molar-refractivity contribution in [1.29, 1.82) is 0 Å². The summed E-state index contributed by atoms with van der Waals surface area (Å²) in [5, 5.41) is 2.61. The number of rotatable bonds is 7. The fourth-order valence-corrected chi connectivity index (χ4v) is 10.2. The van der Waals surface area contributed by atoms with E-state index in [0.29, 0.717) is 0 Å². The van der Waals surface area contributed by atoms with Crippen LogP contribution in [0.2, 0.25) is 0 Å². The molecule has 0 amide bonds. The highest BCUT2D eigenvalue weighted by atomic mass is 15.1. The van der Waals surface area contributed by atoms with Gasteiger partial charge in [0.2, 0.25) is 0 Å². The zero-order valence-corrected chi connectivity index (χ0v) is 33.6. The summed E-state index contributed by atoms with van der Waals surface area (Å²) in [5.74, 6) is 0. The smallest absolute Gasteiger partial charge is 0.0547 e. The number of nitrogens with zero attached hydrogens (tertiary/aromatic N) is 2. The number of aromatic nitrogens is 1. The second-order valence-electron chi connectivity index (χ2n) is 16.9. The van der Waals surface area contributed by atoms with E-state index in [-0.39, 0.29) is 10.8 Å². The van der Waals surface area contributed by atoms with Gasteiger partial charge in [-0.1, -0.05) is 137 Å². The predicted octanol–water partition coefficient (Wildman–Crippen LogP) is 15.1. The van der Waals surface area contributed by atoms with Crippen LogP contribution in [0.25, 0.3) is 49.8 Å². The Labute approximate surface area is 337 Å². The summed E-state index contributed by atoms with van der Waals surface area (Å²) in [6.45, 7) is 15.8. The molecule has 278 valence electrons. The van der Waals surface area contributed by atoms with E-state index in [2.05, 4.69) is 208 Å².